The quantitative estimate of drug-likeness (QED) is 0.0700. The van der Waals surface area contributed by atoms with Gasteiger partial charge in [0, 0.05) is 29.2 Å². The maximum absolute atomic E-state index is 15.3. The fourth-order valence-electron chi connectivity index (χ4n) is 6.03. The summed E-state index contributed by atoms with van der Waals surface area (Å²) in [5.74, 6) is -11.0. The minimum absolute atomic E-state index is 0.104. The van der Waals surface area contributed by atoms with Crippen molar-refractivity contribution >= 4 is 0 Å². The minimum Gasteiger partial charge on any atom is -0.429 e. The van der Waals surface area contributed by atoms with Crippen molar-refractivity contribution in [2.24, 2.45) is 5.92 Å². The fourth-order valence-corrected chi connectivity index (χ4v) is 6.03. The van der Waals surface area contributed by atoms with Gasteiger partial charge >= 0.3 is 6.11 Å². The Morgan fingerprint density at radius 3 is 1.74 bits per heavy atom. The molecule has 50 heavy (non-hydrogen) atoms. The Morgan fingerprint density at radius 2 is 1.16 bits per heavy atom. The third kappa shape index (κ3) is 9.23. The van der Waals surface area contributed by atoms with Gasteiger partial charge in [-0.05, 0) is 41.3 Å². The number of unbranched alkanes of at least 4 members (excludes halogenated alkanes) is 7. The van der Waals surface area contributed by atoms with E-state index in [2.05, 4.69) is 11.7 Å². The summed E-state index contributed by atoms with van der Waals surface area (Å²) in [5, 5.41) is 0. The average Bonchev–Trinajstić information content (AvgIpc) is 3.08. The highest BCUT2D eigenvalue weighted by Gasteiger charge is 2.41. The zero-order chi connectivity index (χ0) is 35.8. The molecular weight excluding hydrogens is 668 g/mol. The van der Waals surface area contributed by atoms with E-state index in [1.54, 1.807) is 12.1 Å². The van der Waals surface area contributed by atoms with Crippen LogP contribution in [0.3, 0.4) is 0 Å². The lowest BCUT2D eigenvalue weighted by atomic mass is 9.97. The first-order valence-electron chi connectivity index (χ1n) is 16.8. The monoisotopic (exact) mass is 706 g/mol. The maximum Gasteiger partial charge on any atom is 0.432 e. The van der Waals surface area contributed by atoms with Crippen LogP contribution < -0.4 is 4.74 Å². The van der Waals surface area contributed by atoms with E-state index in [-0.39, 0.29) is 23.3 Å². The third-order valence-corrected chi connectivity index (χ3v) is 8.77. The zero-order valence-electron chi connectivity index (χ0n) is 27.5. The van der Waals surface area contributed by atoms with E-state index in [1.807, 2.05) is 12.1 Å². The molecular formula is C39H38F8O3. The first-order chi connectivity index (χ1) is 24.0. The predicted octanol–water partition coefficient (Wildman–Crippen LogP) is 12.2. The summed E-state index contributed by atoms with van der Waals surface area (Å²) in [6, 6.07) is 12.2. The van der Waals surface area contributed by atoms with Crippen LogP contribution >= 0.6 is 0 Å². The molecule has 0 amide bonds. The van der Waals surface area contributed by atoms with Gasteiger partial charge in [0.15, 0.2) is 23.7 Å². The summed E-state index contributed by atoms with van der Waals surface area (Å²) in [5.41, 5.74) is -0.644. The first kappa shape index (κ1) is 37.3. The normalized spacial score (nSPS) is 16.5. The predicted molar refractivity (Wildman–Crippen MR) is 173 cm³/mol. The largest absolute Gasteiger partial charge is 0.432 e. The van der Waals surface area contributed by atoms with Crippen LogP contribution in [0.4, 0.5) is 35.1 Å². The topological polar surface area (TPSA) is 27.7 Å². The van der Waals surface area contributed by atoms with Gasteiger partial charge in [-0.3, -0.25) is 0 Å². The number of hydrogen-bond donors (Lipinski definition) is 0. The molecule has 1 aliphatic rings. The lowest BCUT2D eigenvalue weighted by Gasteiger charge is -2.29. The van der Waals surface area contributed by atoms with Crippen LogP contribution in [0.2, 0.25) is 0 Å². The molecule has 0 unspecified atom stereocenters. The van der Waals surface area contributed by atoms with Crippen molar-refractivity contribution < 1.29 is 49.3 Å². The standard InChI is InChI=1S/C39H38F8O3/c1-2-3-4-5-6-7-8-9-10-24-22-48-38(49-23-24)26-13-11-25(12-14-26)27-15-16-30(31(40)17-27)28-18-32(41)36(33(42)19-28)39(46,47)50-29-20-34(43)37(45)35(44)21-29/h11-21,24,38H,2-10,22-23H2,1H3. The summed E-state index contributed by atoms with van der Waals surface area (Å²) >= 11 is 0. The Labute approximate surface area is 286 Å². The Kier molecular flexibility index (Phi) is 12.6. The van der Waals surface area contributed by atoms with Crippen molar-refractivity contribution in [2.75, 3.05) is 13.2 Å². The molecule has 11 heteroatoms. The van der Waals surface area contributed by atoms with Crippen molar-refractivity contribution in [3.05, 3.63) is 113 Å². The highest BCUT2D eigenvalue weighted by atomic mass is 19.3. The van der Waals surface area contributed by atoms with Crippen molar-refractivity contribution in [1.82, 2.24) is 0 Å². The molecule has 1 saturated heterocycles. The number of halogens is 8. The molecule has 0 radical (unpaired) electrons. The van der Waals surface area contributed by atoms with Crippen molar-refractivity contribution in [3.63, 3.8) is 0 Å². The molecule has 3 nitrogen and oxygen atoms in total. The van der Waals surface area contributed by atoms with E-state index in [1.165, 1.54) is 57.1 Å². The molecule has 1 aliphatic heterocycles. The van der Waals surface area contributed by atoms with E-state index in [4.69, 9.17) is 9.47 Å². The second kappa shape index (κ2) is 16.8. The molecule has 4 aromatic rings. The Morgan fingerprint density at radius 1 is 0.620 bits per heavy atom. The third-order valence-electron chi connectivity index (χ3n) is 8.77. The molecule has 268 valence electrons. The molecule has 0 aromatic heterocycles. The van der Waals surface area contributed by atoms with Crippen LogP contribution in [-0.2, 0) is 15.6 Å². The number of hydrogen-bond acceptors (Lipinski definition) is 3. The SMILES string of the molecule is CCCCCCCCCCC1COC(c2ccc(-c3ccc(-c4cc(F)c(C(F)(F)Oc5cc(F)c(F)c(F)c5)c(F)c4)c(F)c3)cc2)OC1. The van der Waals surface area contributed by atoms with Gasteiger partial charge in [-0.15, -0.1) is 0 Å². The molecule has 1 heterocycles. The molecule has 5 rings (SSSR count). The van der Waals surface area contributed by atoms with Crippen molar-refractivity contribution in [2.45, 2.75) is 77.1 Å². The molecule has 1 fully saturated rings. The summed E-state index contributed by atoms with van der Waals surface area (Å²) in [7, 11) is 0. The summed E-state index contributed by atoms with van der Waals surface area (Å²) < 4.78 is 131. The van der Waals surface area contributed by atoms with Crippen LogP contribution in [-0.4, -0.2) is 13.2 Å². The van der Waals surface area contributed by atoms with Crippen LogP contribution in [0.5, 0.6) is 5.75 Å². The Balaban J connectivity index is 1.18. The highest BCUT2D eigenvalue weighted by Crippen LogP contribution is 2.39. The molecule has 0 aliphatic carbocycles. The van der Waals surface area contributed by atoms with Gasteiger partial charge in [-0.25, -0.2) is 26.3 Å². The number of alkyl halides is 2. The maximum atomic E-state index is 15.3. The van der Waals surface area contributed by atoms with Gasteiger partial charge in [0.2, 0.25) is 0 Å². The smallest absolute Gasteiger partial charge is 0.429 e. The van der Waals surface area contributed by atoms with E-state index >= 15 is 4.39 Å². The average molecular weight is 707 g/mol. The minimum atomic E-state index is -4.76. The summed E-state index contributed by atoms with van der Waals surface area (Å²) in [6.07, 6.45) is 5.91. The van der Waals surface area contributed by atoms with Gasteiger partial charge in [-0.2, -0.15) is 8.78 Å². The van der Waals surface area contributed by atoms with Gasteiger partial charge in [0.05, 0.1) is 13.2 Å². The Bertz CT molecular complexity index is 1690. The van der Waals surface area contributed by atoms with E-state index in [9.17, 15) is 30.7 Å². The van der Waals surface area contributed by atoms with Crippen LogP contribution in [0, 0.1) is 40.8 Å². The van der Waals surface area contributed by atoms with Gasteiger partial charge in [-0.1, -0.05) is 94.7 Å². The van der Waals surface area contributed by atoms with Gasteiger partial charge in [0.1, 0.15) is 28.8 Å². The van der Waals surface area contributed by atoms with E-state index < -0.39 is 58.6 Å². The van der Waals surface area contributed by atoms with Crippen LogP contribution in [0.25, 0.3) is 22.3 Å². The van der Waals surface area contributed by atoms with Crippen LogP contribution in [0.1, 0.15) is 82.1 Å². The molecule has 0 saturated carbocycles. The molecule has 0 bridgehead atoms. The van der Waals surface area contributed by atoms with Gasteiger partial charge in [0.25, 0.3) is 0 Å². The van der Waals surface area contributed by atoms with Crippen molar-refractivity contribution in [1.29, 1.82) is 0 Å². The number of benzene rings is 4. The molecule has 0 N–H and O–H groups in total. The Hall–Kier alpha value is -3.96. The van der Waals surface area contributed by atoms with Crippen LogP contribution in [0.15, 0.2) is 66.7 Å². The molecule has 0 atom stereocenters. The molecule has 4 aromatic carbocycles. The lowest BCUT2D eigenvalue weighted by molar-refractivity contribution is -0.206. The van der Waals surface area contributed by atoms with E-state index in [0.717, 1.165) is 24.5 Å². The fraction of sp³-hybridized carbons (Fsp3) is 0.385. The first-order valence-corrected chi connectivity index (χ1v) is 16.8. The number of ether oxygens (including phenoxy) is 3. The van der Waals surface area contributed by atoms with E-state index in [0.29, 0.717) is 42.4 Å². The second-order valence-electron chi connectivity index (χ2n) is 12.6. The summed E-state index contributed by atoms with van der Waals surface area (Å²) in [4.78, 5) is 0. The molecule has 0 spiro atoms. The summed E-state index contributed by atoms with van der Waals surface area (Å²) in [6.45, 7) is 3.43. The second-order valence-corrected chi connectivity index (χ2v) is 12.6. The number of rotatable bonds is 15. The highest BCUT2D eigenvalue weighted by molar-refractivity contribution is 5.71. The lowest BCUT2D eigenvalue weighted by Crippen LogP contribution is -2.27. The zero-order valence-corrected chi connectivity index (χ0v) is 27.5. The van der Waals surface area contributed by atoms with Gasteiger partial charge < -0.3 is 14.2 Å². The van der Waals surface area contributed by atoms with Crippen molar-refractivity contribution in [3.8, 4) is 28.0 Å².